The maximum atomic E-state index is 13.5. The third-order valence-corrected chi connectivity index (χ3v) is 8.55. The van der Waals surface area contributed by atoms with E-state index in [-0.39, 0.29) is 46.0 Å². The number of halogens is 2. The Labute approximate surface area is 287 Å². The number of rotatable bonds is 9. The largest absolute Gasteiger partial charge is 0.466 e. The van der Waals surface area contributed by atoms with Gasteiger partial charge in [0.2, 0.25) is 0 Å². The zero-order valence-electron chi connectivity index (χ0n) is 29.2. The smallest absolute Gasteiger partial charge is 0.410 e. The molecule has 4 atom stereocenters. The predicted molar refractivity (Wildman–Crippen MR) is 178 cm³/mol. The van der Waals surface area contributed by atoms with Crippen molar-refractivity contribution in [3.63, 3.8) is 0 Å². The first kappa shape index (κ1) is 39.0. The van der Waals surface area contributed by atoms with Crippen molar-refractivity contribution in [3.05, 3.63) is 71.8 Å². The molecular formula is C36H49F2N3O8. The first-order chi connectivity index (χ1) is 23.1. The van der Waals surface area contributed by atoms with Crippen LogP contribution >= 0.6 is 0 Å². The first-order valence-corrected chi connectivity index (χ1v) is 16.4. The average molecular weight is 690 g/mol. The lowest BCUT2D eigenvalue weighted by Crippen LogP contribution is -2.54. The third-order valence-electron chi connectivity index (χ3n) is 8.55. The maximum Gasteiger partial charge on any atom is 0.410 e. The summed E-state index contributed by atoms with van der Waals surface area (Å²) in [6.07, 6.45) is -1.69. The van der Waals surface area contributed by atoms with Crippen LogP contribution in [0, 0.1) is 17.3 Å². The lowest BCUT2D eigenvalue weighted by molar-refractivity contribution is -0.156. The summed E-state index contributed by atoms with van der Waals surface area (Å²) in [4.78, 5) is 51.5. The van der Waals surface area contributed by atoms with Gasteiger partial charge in [-0.2, -0.15) is 0 Å². The number of benzene rings is 2. The molecule has 2 aromatic rings. The standard InChI is InChI=1S/C19H27FN2O4.C17H22FNO4/c1-18(2,3)26-16(23)21-19(4)13-22(11-15(19)10-20)17(24)25-12-14-8-6-5-7-9-14;1-3-22-15(20)17(2)12-19(10-14(17)9-18)16(21)23-11-13-7-5-4-6-8-13/h5-9,15H,10-13H2,1-4H3,(H,21,23);4-8,14H,3,9-12H2,1-2H3/t15-,19-;14-,17-/m11/s1. The molecule has 2 aliphatic rings. The molecule has 0 unspecified atom stereocenters. The molecule has 0 radical (unpaired) electrons. The summed E-state index contributed by atoms with van der Waals surface area (Å²) >= 11 is 0. The molecule has 0 saturated carbocycles. The van der Waals surface area contributed by atoms with E-state index < -0.39 is 66.0 Å². The Morgan fingerprint density at radius 2 is 1.24 bits per heavy atom. The predicted octanol–water partition coefficient (Wildman–Crippen LogP) is 6.30. The summed E-state index contributed by atoms with van der Waals surface area (Å²) in [6, 6.07) is 18.6. The molecular weight excluding hydrogens is 640 g/mol. The van der Waals surface area contributed by atoms with Gasteiger partial charge in [0.05, 0.1) is 30.9 Å². The Morgan fingerprint density at radius 3 is 1.69 bits per heavy atom. The number of amides is 3. The highest BCUT2D eigenvalue weighted by molar-refractivity contribution is 5.79. The van der Waals surface area contributed by atoms with Crippen molar-refractivity contribution >= 4 is 24.2 Å². The summed E-state index contributed by atoms with van der Waals surface area (Å²) in [5, 5.41) is 2.72. The zero-order valence-corrected chi connectivity index (χ0v) is 29.2. The molecule has 2 saturated heterocycles. The Balaban J connectivity index is 0.000000267. The second-order valence-electron chi connectivity index (χ2n) is 13.7. The summed E-state index contributed by atoms with van der Waals surface area (Å²) in [6.45, 7) is 10.1. The van der Waals surface area contributed by atoms with Gasteiger partial charge in [0.25, 0.3) is 0 Å². The number of carbonyl (C=O) groups excluding carboxylic acids is 4. The van der Waals surface area contributed by atoms with Crippen LogP contribution in [-0.2, 0) is 37.0 Å². The average Bonchev–Trinajstić information content (AvgIpc) is 3.59. The lowest BCUT2D eigenvalue weighted by Gasteiger charge is -2.31. The van der Waals surface area contributed by atoms with Gasteiger partial charge >= 0.3 is 24.2 Å². The molecule has 13 heteroatoms. The Bertz CT molecular complexity index is 1390. The Kier molecular flexibility index (Phi) is 13.8. The summed E-state index contributed by atoms with van der Waals surface area (Å²) in [5.41, 5.74) is -0.857. The SMILES string of the molecule is CC(C)(C)OC(=O)N[C@]1(C)CN(C(=O)OCc2ccccc2)C[C@H]1CF.CCOC(=O)[C@]1(C)CN(C(=O)OCc2ccccc2)C[C@H]1CF. The van der Waals surface area contributed by atoms with E-state index in [0.29, 0.717) is 0 Å². The van der Waals surface area contributed by atoms with Crippen LogP contribution in [0.2, 0.25) is 0 Å². The fourth-order valence-electron chi connectivity index (χ4n) is 5.66. The number of hydrogen-bond donors (Lipinski definition) is 1. The van der Waals surface area contributed by atoms with Gasteiger partial charge in [-0.05, 0) is 52.7 Å². The highest BCUT2D eigenvalue weighted by Gasteiger charge is 2.51. The van der Waals surface area contributed by atoms with E-state index >= 15 is 0 Å². The number of likely N-dealkylation sites (tertiary alicyclic amines) is 2. The monoisotopic (exact) mass is 689 g/mol. The minimum Gasteiger partial charge on any atom is -0.466 e. The van der Waals surface area contributed by atoms with Gasteiger partial charge in [-0.1, -0.05) is 60.7 Å². The molecule has 3 amide bonds. The summed E-state index contributed by atoms with van der Waals surface area (Å²) in [7, 11) is 0. The highest BCUT2D eigenvalue weighted by Crippen LogP contribution is 2.38. The first-order valence-electron chi connectivity index (χ1n) is 16.4. The van der Waals surface area contributed by atoms with Crippen molar-refractivity contribution in [2.24, 2.45) is 17.3 Å². The van der Waals surface area contributed by atoms with Crippen LogP contribution in [0.25, 0.3) is 0 Å². The molecule has 270 valence electrons. The van der Waals surface area contributed by atoms with E-state index in [0.717, 1.165) is 11.1 Å². The van der Waals surface area contributed by atoms with Crippen LogP contribution in [0.4, 0.5) is 23.2 Å². The minimum absolute atomic E-state index is 0.105. The van der Waals surface area contributed by atoms with Crippen molar-refractivity contribution in [3.8, 4) is 0 Å². The highest BCUT2D eigenvalue weighted by atomic mass is 19.1. The molecule has 0 spiro atoms. The molecule has 2 heterocycles. The van der Waals surface area contributed by atoms with E-state index in [4.69, 9.17) is 18.9 Å². The third kappa shape index (κ3) is 11.0. The molecule has 4 rings (SSSR count). The molecule has 0 aromatic heterocycles. The minimum atomic E-state index is -1.03. The van der Waals surface area contributed by atoms with Gasteiger partial charge in [-0.25, -0.2) is 14.4 Å². The van der Waals surface area contributed by atoms with Crippen molar-refractivity contribution in [1.82, 2.24) is 15.1 Å². The van der Waals surface area contributed by atoms with Gasteiger partial charge in [-0.15, -0.1) is 0 Å². The van der Waals surface area contributed by atoms with Gasteiger partial charge in [0, 0.05) is 38.0 Å². The summed E-state index contributed by atoms with van der Waals surface area (Å²) < 4.78 is 47.6. The molecule has 11 nitrogen and oxygen atoms in total. The second-order valence-corrected chi connectivity index (χ2v) is 13.7. The fraction of sp³-hybridized carbons (Fsp3) is 0.556. The van der Waals surface area contributed by atoms with Gasteiger partial charge in [0.15, 0.2) is 0 Å². The normalized spacial score (nSPS) is 23.2. The van der Waals surface area contributed by atoms with Gasteiger partial charge in [-0.3, -0.25) is 13.6 Å². The van der Waals surface area contributed by atoms with Crippen LogP contribution < -0.4 is 5.32 Å². The molecule has 2 aliphatic heterocycles. The van der Waals surface area contributed by atoms with Gasteiger partial charge < -0.3 is 34.1 Å². The van der Waals surface area contributed by atoms with Crippen molar-refractivity contribution in [2.45, 2.75) is 65.9 Å². The van der Waals surface area contributed by atoms with E-state index in [1.54, 1.807) is 41.5 Å². The quantitative estimate of drug-likeness (QED) is 0.240. The number of alkyl carbamates (subject to hydrolysis) is 1. The number of nitrogens with zero attached hydrogens (tertiary/aromatic N) is 2. The fourth-order valence-corrected chi connectivity index (χ4v) is 5.66. The van der Waals surface area contributed by atoms with E-state index in [1.807, 2.05) is 60.7 Å². The molecule has 2 aromatic carbocycles. The van der Waals surface area contributed by atoms with E-state index in [9.17, 15) is 28.0 Å². The van der Waals surface area contributed by atoms with Crippen LogP contribution in [0.3, 0.4) is 0 Å². The molecule has 0 bridgehead atoms. The number of ether oxygens (including phenoxy) is 4. The molecule has 49 heavy (non-hydrogen) atoms. The second kappa shape index (κ2) is 17.3. The number of hydrogen-bond acceptors (Lipinski definition) is 8. The number of carbonyl (C=O) groups is 4. The Hall–Kier alpha value is -4.42. The Morgan fingerprint density at radius 1 is 0.776 bits per heavy atom. The zero-order chi connectivity index (χ0) is 36.2. The van der Waals surface area contributed by atoms with Crippen LogP contribution in [0.15, 0.2) is 60.7 Å². The van der Waals surface area contributed by atoms with E-state index in [2.05, 4.69) is 5.32 Å². The molecule has 1 N–H and O–H groups in total. The molecule has 2 fully saturated rings. The van der Waals surface area contributed by atoms with Crippen LogP contribution in [0.5, 0.6) is 0 Å². The summed E-state index contributed by atoms with van der Waals surface area (Å²) in [5.74, 6) is -1.58. The number of nitrogens with one attached hydrogen (secondary N) is 1. The van der Waals surface area contributed by atoms with Crippen molar-refractivity contribution < 1.29 is 46.9 Å². The van der Waals surface area contributed by atoms with Crippen LogP contribution in [-0.4, -0.2) is 91.3 Å². The van der Waals surface area contributed by atoms with Crippen molar-refractivity contribution in [1.29, 1.82) is 0 Å². The molecule has 0 aliphatic carbocycles. The lowest BCUT2D eigenvalue weighted by atomic mass is 9.81. The number of esters is 1. The van der Waals surface area contributed by atoms with Crippen LogP contribution in [0.1, 0.15) is 52.7 Å². The number of alkyl halides is 2. The van der Waals surface area contributed by atoms with Gasteiger partial charge in [0.1, 0.15) is 18.8 Å². The van der Waals surface area contributed by atoms with E-state index in [1.165, 1.54) is 9.80 Å². The van der Waals surface area contributed by atoms with Crippen molar-refractivity contribution in [2.75, 3.05) is 46.1 Å². The topological polar surface area (TPSA) is 124 Å². The maximum absolute atomic E-state index is 13.5.